The van der Waals surface area contributed by atoms with Crippen molar-refractivity contribution >= 4 is 23.7 Å². The number of nitrogens with one attached hydrogen (secondary N) is 3. The van der Waals surface area contributed by atoms with Crippen LogP contribution in [0.1, 0.15) is 0 Å². The number of thioether (sulfide) groups is 1. The van der Waals surface area contributed by atoms with Crippen LogP contribution in [0.25, 0.3) is 0 Å². The fourth-order valence-corrected chi connectivity index (χ4v) is 2.30. The summed E-state index contributed by atoms with van der Waals surface area (Å²) in [6.07, 6.45) is 0. The highest BCUT2D eigenvalue weighted by atomic mass is 32.2. The van der Waals surface area contributed by atoms with Gasteiger partial charge in [-0.1, -0.05) is 0 Å². The number of amides is 3. The van der Waals surface area contributed by atoms with Gasteiger partial charge in [-0.25, -0.2) is 4.79 Å². The third kappa shape index (κ3) is 5.27. The van der Waals surface area contributed by atoms with Gasteiger partial charge in [0, 0.05) is 45.2 Å². The fraction of sp³-hybridized carbons (Fsp3) is 0.800. The zero-order valence-electron chi connectivity index (χ0n) is 10.3. The van der Waals surface area contributed by atoms with Crippen molar-refractivity contribution in [3.05, 3.63) is 0 Å². The van der Waals surface area contributed by atoms with Crippen LogP contribution in [0.2, 0.25) is 0 Å². The van der Waals surface area contributed by atoms with E-state index in [1.54, 1.807) is 25.9 Å². The van der Waals surface area contributed by atoms with Crippen LogP contribution in [0.3, 0.4) is 0 Å². The van der Waals surface area contributed by atoms with Gasteiger partial charge in [0.2, 0.25) is 5.91 Å². The van der Waals surface area contributed by atoms with Crippen molar-refractivity contribution in [3.8, 4) is 0 Å². The van der Waals surface area contributed by atoms with Crippen molar-refractivity contribution in [2.75, 3.05) is 45.2 Å². The van der Waals surface area contributed by atoms with Crippen molar-refractivity contribution in [1.29, 1.82) is 0 Å². The normalized spacial score (nSPS) is 19.5. The van der Waals surface area contributed by atoms with E-state index in [0.717, 1.165) is 18.1 Å². The van der Waals surface area contributed by atoms with E-state index in [9.17, 15) is 9.59 Å². The fourth-order valence-electron chi connectivity index (χ4n) is 1.37. The third-order valence-electron chi connectivity index (χ3n) is 2.34. The molecule has 3 amide bonds. The first-order valence-electron chi connectivity index (χ1n) is 5.65. The molecule has 1 fully saturated rings. The molecule has 0 spiro atoms. The highest BCUT2D eigenvalue weighted by Gasteiger charge is 2.20. The highest BCUT2D eigenvalue weighted by molar-refractivity contribution is 7.99. The summed E-state index contributed by atoms with van der Waals surface area (Å²) in [6.45, 7) is 1.78. The highest BCUT2D eigenvalue weighted by Crippen LogP contribution is 2.07. The lowest BCUT2D eigenvalue weighted by molar-refractivity contribution is -0.122. The maximum atomic E-state index is 11.7. The van der Waals surface area contributed by atoms with Crippen molar-refractivity contribution < 1.29 is 9.59 Å². The Morgan fingerprint density at radius 1 is 1.35 bits per heavy atom. The van der Waals surface area contributed by atoms with Crippen LogP contribution in [0.5, 0.6) is 0 Å². The standard InChI is InChI=1S/C10H20N4O2S/c1-14(2)10(16)13-4-3-12-9(15)8-7-17-6-5-11-8/h8,11H,3-7H2,1-2H3,(H,12,15)(H,13,16). The van der Waals surface area contributed by atoms with E-state index in [1.807, 2.05) is 0 Å². The van der Waals surface area contributed by atoms with Gasteiger partial charge in [-0.15, -0.1) is 0 Å². The maximum absolute atomic E-state index is 11.7. The van der Waals surface area contributed by atoms with Crippen LogP contribution < -0.4 is 16.0 Å². The van der Waals surface area contributed by atoms with E-state index in [-0.39, 0.29) is 18.0 Å². The predicted octanol–water partition coefficient (Wildman–Crippen LogP) is -0.921. The molecular formula is C10H20N4O2S. The van der Waals surface area contributed by atoms with Crippen LogP contribution in [0, 0.1) is 0 Å². The van der Waals surface area contributed by atoms with Gasteiger partial charge >= 0.3 is 6.03 Å². The minimum atomic E-state index is -0.148. The van der Waals surface area contributed by atoms with E-state index in [1.165, 1.54) is 4.90 Å². The molecule has 1 atom stereocenters. The SMILES string of the molecule is CN(C)C(=O)NCCNC(=O)C1CSCCN1. The molecule has 0 aromatic rings. The smallest absolute Gasteiger partial charge is 0.316 e. The Balaban J connectivity index is 2.09. The number of carbonyl (C=O) groups excluding carboxylic acids is 2. The van der Waals surface area contributed by atoms with E-state index < -0.39 is 0 Å². The van der Waals surface area contributed by atoms with Crippen molar-refractivity contribution in [1.82, 2.24) is 20.9 Å². The molecule has 1 unspecified atom stereocenters. The molecule has 0 aromatic heterocycles. The zero-order chi connectivity index (χ0) is 12.7. The molecule has 1 aliphatic rings. The van der Waals surface area contributed by atoms with E-state index in [2.05, 4.69) is 16.0 Å². The van der Waals surface area contributed by atoms with E-state index in [0.29, 0.717) is 13.1 Å². The second kappa shape index (κ2) is 7.39. The molecule has 0 radical (unpaired) electrons. The van der Waals surface area contributed by atoms with Crippen LogP contribution in [-0.4, -0.2) is 68.1 Å². The van der Waals surface area contributed by atoms with Gasteiger partial charge in [-0.3, -0.25) is 4.79 Å². The summed E-state index contributed by atoms with van der Waals surface area (Å²) in [5, 5.41) is 8.64. The first kappa shape index (κ1) is 14.1. The number of hydrogen-bond donors (Lipinski definition) is 3. The van der Waals surface area contributed by atoms with Crippen molar-refractivity contribution in [3.63, 3.8) is 0 Å². The Hall–Kier alpha value is -0.950. The van der Waals surface area contributed by atoms with Crippen molar-refractivity contribution in [2.45, 2.75) is 6.04 Å². The van der Waals surface area contributed by atoms with Gasteiger partial charge in [0.05, 0.1) is 6.04 Å². The number of carbonyl (C=O) groups is 2. The Morgan fingerprint density at radius 2 is 2.06 bits per heavy atom. The van der Waals surface area contributed by atoms with Crippen LogP contribution in [0.4, 0.5) is 4.79 Å². The summed E-state index contributed by atoms with van der Waals surface area (Å²) in [7, 11) is 3.36. The van der Waals surface area contributed by atoms with E-state index >= 15 is 0 Å². The molecule has 7 heteroatoms. The quantitative estimate of drug-likeness (QED) is 0.572. The molecule has 1 rings (SSSR count). The summed E-state index contributed by atoms with van der Waals surface area (Å²) in [6, 6.07) is -0.246. The number of urea groups is 1. The zero-order valence-corrected chi connectivity index (χ0v) is 11.1. The molecule has 1 heterocycles. The summed E-state index contributed by atoms with van der Waals surface area (Å²) >= 11 is 1.78. The van der Waals surface area contributed by atoms with Gasteiger partial charge in [0.15, 0.2) is 0 Å². The van der Waals surface area contributed by atoms with Crippen LogP contribution in [0.15, 0.2) is 0 Å². The molecule has 0 aliphatic carbocycles. The second-order valence-corrected chi connectivity index (χ2v) is 5.15. The summed E-state index contributed by atoms with van der Waals surface area (Å²) in [5.74, 6) is 1.88. The van der Waals surface area contributed by atoms with Gasteiger partial charge in [-0.2, -0.15) is 11.8 Å². The van der Waals surface area contributed by atoms with Gasteiger partial charge < -0.3 is 20.9 Å². The summed E-state index contributed by atoms with van der Waals surface area (Å²) < 4.78 is 0. The Bertz CT molecular complexity index is 267. The van der Waals surface area contributed by atoms with Crippen molar-refractivity contribution in [2.24, 2.45) is 0 Å². The Labute approximate surface area is 106 Å². The molecule has 17 heavy (non-hydrogen) atoms. The molecule has 1 aliphatic heterocycles. The average Bonchev–Trinajstić information content (AvgIpc) is 2.35. The molecule has 3 N–H and O–H groups in total. The lowest BCUT2D eigenvalue weighted by Crippen LogP contribution is -2.50. The maximum Gasteiger partial charge on any atom is 0.316 e. The summed E-state index contributed by atoms with van der Waals surface area (Å²) in [4.78, 5) is 24.3. The molecule has 1 saturated heterocycles. The number of nitrogens with zero attached hydrogens (tertiary/aromatic N) is 1. The van der Waals surface area contributed by atoms with E-state index in [4.69, 9.17) is 0 Å². The first-order valence-corrected chi connectivity index (χ1v) is 6.80. The summed E-state index contributed by atoms with van der Waals surface area (Å²) in [5.41, 5.74) is 0. The lowest BCUT2D eigenvalue weighted by atomic mass is 10.3. The largest absolute Gasteiger partial charge is 0.353 e. The van der Waals surface area contributed by atoms with Gasteiger partial charge in [0.1, 0.15) is 0 Å². The first-order chi connectivity index (χ1) is 8.11. The molecular weight excluding hydrogens is 240 g/mol. The second-order valence-electron chi connectivity index (χ2n) is 4.00. The van der Waals surface area contributed by atoms with Gasteiger partial charge in [-0.05, 0) is 0 Å². The lowest BCUT2D eigenvalue weighted by Gasteiger charge is -2.22. The molecule has 6 nitrogen and oxygen atoms in total. The minimum Gasteiger partial charge on any atom is -0.353 e. The number of hydrogen-bond acceptors (Lipinski definition) is 4. The molecule has 0 saturated carbocycles. The van der Waals surface area contributed by atoms with Crippen LogP contribution >= 0.6 is 11.8 Å². The third-order valence-corrected chi connectivity index (χ3v) is 3.41. The van der Waals surface area contributed by atoms with Gasteiger partial charge in [0.25, 0.3) is 0 Å². The minimum absolute atomic E-state index is 0.0105. The Kier molecular flexibility index (Phi) is 6.13. The molecule has 0 bridgehead atoms. The monoisotopic (exact) mass is 260 g/mol. The Morgan fingerprint density at radius 3 is 2.65 bits per heavy atom. The average molecular weight is 260 g/mol. The topological polar surface area (TPSA) is 73.5 Å². The number of rotatable bonds is 4. The molecule has 0 aromatic carbocycles. The molecule has 98 valence electrons. The van der Waals surface area contributed by atoms with Crippen LogP contribution in [-0.2, 0) is 4.79 Å². The predicted molar refractivity (Wildman–Crippen MR) is 69.2 cm³/mol.